The number of rotatable bonds is 4. The lowest BCUT2D eigenvalue weighted by Crippen LogP contribution is -2.16. The van der Waals surface area contributed by atoms with E-state index >= 15 is 0 Å². The number of hydrogen-bond acceptors (Lipinski definition) is 4. The van der Waals surface area contributed by atoms with Crippen LogP contribution in [-0.4, -0.2) is 25.0 Å². The molecule has 2 rings (SSSR count). The standard InChI is InChI=1S/C16H20ClN3OS/c1-9(2)16-18-10(3)14(22-16)15(21)19-12-8-11(17)6-7-13(12)20(4)5/h6-9H,1-5H3,(H,19,21). The second kappa shape index (κ2) is 6.67. The number of aryl methyl sites for hydroxylation is 1. The van der Waals surface area contributed by atoms with Crippen molar-refractivity contribution in [1.82, 2.24) is 4.98 Å². The van der Waals surface area contributed by atoms with Crippen LogP contribution in [0, 0.1) is 6.92 Å². The summed E-state index contributed by atoms with van der Waals surface area (Å²) in [6, 6.07) is 5.45. The Hall–Kier alpha value is -1.59. The summed E-state index contributed by atoms with van der Waals surface area (Å²) in [4.78, 5) is 19.6. The maximum Gasteiger partial charge on any atom is 0.267 e. The Morgan fingerprint density at radius 3 is 2.59 bits per heavy atom. The van der Waals surface area contributed by atoms with E-state index in [2.05, 4.69) is 24.1 Å². The second-order valence-corrected chi connectivity index (χ2v) is 7.10. The minimum Gasteiger partial charge on any atom is -0.376 e. The minimum absolute atomic E-state index is 0.146. The van der Waals surface area contributed by atoms with Crippen LogP contribution in [-0.2, 0) is 0 Å². The van der Waals surface area contributed by atoms with E-state index in [0.29, 0.717) is 21.5 Å². The van der Waals surface area contributed by atoms with E-state index in [4.69, 9.17) is 11.6 Å². The van der Waals surface area contributed by atoms with E-state index < -0.39 is 0 Å². The van der Waals surface area contributed by atoms with Crippen LogP contribution >= 0.6 is 22.9 Å². The minimum atomic E-state index is -0.146. The number of amides is 1. The third-order valence-corrected chi connectivity index (χ3v) is 4.89. The molecule has 1 aromatic heterocycles. The molecule has 118 valence electrons. The number of aromatic nitrogens is 1. The summed E-state index contributed by atoms with van der Waals surface area (Å²) in [5, 5.41) is 4.51. The van der Waals surface area contributed by atoms with Gasteiger partial charge in [0.15, 0.2) is 0 Å². The molecule has 6 heteroatoms. The van der Waals surface area contributed by atoms with Crippen LogP contribution in [0.1, 0.15) is 40.1 Å². The SMILES string of the molecule is Cc1nc(C(C)C)sc1C(=O)Nc1cc(Cl)ccc1N(C)C. The molecule has 2 aromatic rings. The largest absolute Gasteiger partial charge is 0.376 e. The van der Waals surface area contributed by atoms with Crippen molar-refractivity contribution in [2.24, 2.45) is 0 Å². The number of carbonyl (C=O) groups excluding carboxylic acids is 1. The van der Waals surface area contributed by atoms with Gasteiger partial charge in [0, 0.05) is 25.0 Å². The topological polar surface area (TPSA) is 45.2 Å². The molecule has 4 nitrogen and oxygen atoms in total. The first-order valence-corrected chi connectivity index (χ1v) is 8.24. The van der Waals surface area contributed by atoms with Crippen molar-refractivity contribution in [3.63, 3.8) is 0 Å². The van der Waals surface area contributed by atoms with E-state index in [9.17, 15) is 4.79 Å². The highest BCUT2D eigenvalue weighted by Gasteiger charge is 2.18. The molecule has 1 aromatic carbocycles. The molecule has 0 saturated heterocycles. The van der Waals surface area contributed by atoms with Crippen molar-refractivity contribution >= 4 is 40.2 Å². The normalized spacial score (nSPS) is 10.9. The summed E-state index contributed by atoms with van der Waals surface area (Å²) in [7, 11) is 3.85. The van der Waals surface area contributed by atoms with E-state index in [0.717, 1.165) is 16.4 Å². The highest BCUT2D eigenvalue weighted by molar-refractivity contribution is 7.14. The molecular weight excluding hydrogens is 318 g/mol. The average molecular weight is 338 g/mol. The Labute approximate surface area is 140 Å². The van der Waals surface area contributed by atoms with Gasteiger partial charge in [0.2, 0.25) is 0 Å². The number of benzene rings is 1. The zero-order chi connectivity index (χ0) is 16.4. The predicted octanol–water partition coefficient (Wildman–Crippen LogP) is 4.55. The van der Waals surface area contributed by atoms with E-state index in [-0.39, 0.29) is 5.91 Å². The molecule has 0 saturated carbocycles. The smallest absolute Gasteiger partial charge is 0.267 e. The van der Waals surface area contributed by atoms with Gasteiger partial charge in [0.25, 0.3) is 5.91 Å². The lowest BCUT2D eigenvalue weighted by molar-refractivity contribution is 0.103. The van der Waals surface area contributed by atoms with Gasteiger partial charge in [-0.1, -0.05) is 25.4 Å². The maximum absolute atomic E-state index is 12.6. The first-order valence-electron chi connectivity index (χ1n) is 7.05. The van der Waals surface area contributed by atoms with Crippen LogP contribution in [0.4, 0.5) is 11.4 Å². The van der Waals surface area contributed by atoms with Gasteiger partial charge in [-0.25, -0.2) is 4.98 Å². The Kier molecular flexibility index (Phi) is 5.08. The molecular formula is C16H20ClN3OS. The van der Waals surface area contributed by atoms with Gasteiger partial charge in [-0.3, -0.25) is 4.79 Å². The first-order chi connectivity index (χ1) is 10.3. The van der Waals surface area contributed by atoms with Crippen molar-refractivity contribution in [2.45, 2.75) is 26.7 Å². The van der Waals surface area contributed by atoms with Crippen LogP contribution < -0.4 is 10.2 Å². The molecule has 1 amide bonds. The molecule has 0 fully saturated rings. The van der Waals surface area contributed by atoms with E-state index in [1.54, 1.807) is 12.1 Å². The summed E-state index contributed by atoms with van der Waals surface area (Å²) in [5.74, 6) is 0.168. The van der Waals surface area contributed by atoms with Crippen LogP contribution in [0.25, 0.3) is 0 Å². The molecule has 0 aliphatic heterocycles. The molecule has 0 spiro atoms. The van der Waals surface area contributed by atoms with Crippen molar-refractivity contribution in [3.05, 3.63) is 38.8 Å². The summed E-state index contributed by atoms with van der Waals surface area (Å²) in [6.07, 6.45) is 0. The number of nitrogens with zero attached hydrogens (tertiary/aromatic N) is 2. The number of halogens is 1. The summed E-state index contributed by atoms with van der Waals surface area (Å²) >= 11 is 7.49. The lowest BCUT2D eigenvalue weighted by Gasteiger charge is -2.18. The Bertz CT molecular complexity index is 695. The average Bonchev–Trinajstić information content (AvgIpc) is 2.80. The van der Waals surface area contributed by atoms with Crippen molar-refractivity contribution < 1.29 is 4.79 Å². The van der Waals surface area contributed by atoms with Crippen molar-refractivity contribution in [2.75, 3.05) is 24.3 Å². The van der Waals surface area contributed by atoms with Gasteiger partial charge in [-0.15, -0.1) is 11.3 Å². The molecule has 22 heavy (non-hydrogen) atoms. The molecule has 1 heterocycles. The van der Waals surface area contributed by atoms with Gasteiger partial charge < -0.3 is 10.2 Å². The fourth-order valence-corrected chi connectivity index (χ4v) is 3.19. The number of anilines is 2. The summed E-state index contributed by atoms with van der Waals surface area (Å²) in [6.45, 7) is 6.00. The molecule has 0 radical (unpaired) electrons. The fraction of sp³-hybridized carbons (Fsp3) is 0.375. The van der Waals surface area contributed by atoms with Crippen LogP contribution in [0.3, 0.4) is 0 Å². The van der Waals surface area contributed by atoms with E-state index in [1.165, 1.54) is 11.3 Å². The quantitative estimate of drug-likeness (QED) is 0.890. The molecule has 0 aliphatic rings. The van der Waals surface area contributed by atoms with Gasteiger partial charge in [0.1, 0.15) is 4.88 Å². The summed E-state index contributed by atoms with van der Waals surface area (Å²) < 4.78 is 0. The Morgan fingerprint density at radius 1 is 1.36 bits per heavy atom. The second-order valence-electron chi connectivity index (χ2n) is 5.63. The molecule has 1 N–H and O–H groups in total. The van der Waals surface area contributed by atoms with Gasteiger partial charge in [-0.05, 0) is 25.1 Å². The monoisotopic (exact) mass is 337 g/mol. The van der Waals surface area contributed by atoms with Crippen molar-refractivity contribution in [3.8, 4) is 0 Å². The maximum atomic E-state index is 12.6. The predicted molar refractivity (Wildman–Crippen MR) is 94.7 cm³/mol. The van der Waals surface area contributed by atoms with Crippen LogP contribution in [0.5, 0.6) is 0 Å². The Balaban J connectivity index is 2.31. The first kappa shape index (κ1) is 16.8. The third kappa shape index (κ3) is 3.59. The Morgan fingerprint density at radius 2 is 2.05 bits per heavy atom. The van der Waals surface area contributed by atoms with Gasteiger partial charge >= 0.3 is 0 Å². The number of hydrogen-bond donors (Lipinski definition) is 1. The number of carbonyl (C=O) groups is 1. The summed E-state index contributed by atoms with van der Waals surface area (Å²) in [5.41, 5.74) is 2.37. The zero-order valence-electron chi connectivity index (χ0n) is 13.4. The molecule has 0 unspecified atom stereocenters. The molecule has 0 atom stereocenters. The molecule has 0 aliphatic carbocycles. The van der Waals surface area contributed by atoms with Crippen LogP contribution in [0.2, 0.25) is 5.02 Å². The number of thiazole rings is 1. The lowest BCUT2D eigenvalue weighted by atomic mass is 10.2. The van der Waals surface area contributed by atoms with Gasteiger partial charge in [0.05, 0.1) is 22.1 Å². The van der Waals surface area contributed by atoms with Crippen molar-refractivity contribution in [1.29, 1.82) is 0 Å². The number of nitrogens with one attached hydrogen (secondary N) is 1. The zero-order valence-corrected chi connectivity index (χ0v) is 15.0. The fourth-order valence-electron chi connectivity index (χ4n) is 2.05. The third-order valence-electron chi connectivity index (χ3n) is 3.20. The molecule has 0 bridgehead atoms. The van der Waals surface area contributed by atoms with Crippen LogP contribution in [0.15, 0.2) is 18.2 Å². The van der Waals surface area contributed by atoms with Gasteiger partial charge in [-0.2, -0.15) is 0 Å². The highest BCUT2D eigenvalue weighted by atomic mass is 35.5. The highest BCUT2D eigenvalue weighted by Crippen LogP contribution is 2.30. The van der Waals surface area contributed by atoms with E-state index in [1.807, 2.05) is 32.0 Å².